The maximum absolute atomic E-state index is 12.3. The number of rotatable bonds is 4. The molecule has 21 heavy (non-hydrogen) atoms. The molecule has 3 rings (SSSR count). The zero-order chi connectivity index (χ0) is 14.8. The molecule has 0 fully saturated rings. The van der Waals surface area contributed by atoms with E-state index in [9.17, 15) is 4.79 Å². The van der Waals surface area contributed by atoms with Crippen LogP contribution in [0.4, 0.5) is 0 Å². The molecule has 1 N–H and O–H groups in total. The van der Waals surface area contributed by atoms with Gasteiger partial charge in [-0.2, -0.15) is 0 Å². The van der Waals surface area contributed by atoms with Gasteiger partial charge in [0.25, 0.3) is 5.91 Å². The predicted molar refractivity (Wildman–Crippen MR) is 77.0 cm³/mol. The van der Waals surface area contributed by atoms with Crippen molar-refractivity contribution < 1.29 is 9.32 Å². The van der Waals surface area contributed by atoms with Crippen LogP contribution in [0.2, 0.25) is 0 Å². The highest BCUT2D eigenvalue weighted by Gasteiger charge is 2.16. The maximum Gasteiger partial charge on any atom is 0.253 e. The summed E-state index contributed by atoms with van der Waals surface area (Å²) in [5.41, 5.74) is 2.26. The number of amides is 1. The van der Waals surface area contributed by atoms with Crippen LogP contribution in [-0.2, 0) is 6.42 Å². The van der Waals surface area contributed by atoms with Gasteiger partial charge in [-0.1, -0.05) is 12.1 Å². The summed E-state index contributed by atoms with van der Waals surface area (Å²) in [6.07, 6.45) is 6.06. The lowest BCUT2D eigenvalue weighted by atomic mass is 10.2. The van der Waals surface area contributed by atoms with Crippen LogP contribution >= 0.6 is 0 Å². The van der Waals surface area contributed by atoms with Gasteiger partial charge in [-0.25, -0.2) is 4.98 Å². The highest BCUT2D eigenvalue weighted by atomic mass is 16.5. The standard InChI is InChI=1S/C15H16N4O2/c1-3-12-8-13(21-18-12)10(2)17-15(20)11-4-5-14-16-6-7-19(14)9-11/h4-10H,3H2,1-2H3,(H,17,20). The van der Waals surface area contributed by atoms with E-state index in [4.69, 9.17) is 4.52 Å². The Morgan fingerprint density at radius 2 is 2.33 bits per heavy atom. The minimum absolute atomic E-state index is 0.160. The van der Waals surface area contributed by atoms with E-state index < -0.39 is 0 Å². The van der Waals surface area contributed by atoms with Crippen LogP contribution in [0.3, 0.4) is 0 Å². The maximum atomic E-state index is 12.3. The third kappa shape index (κ3) is 2.65. The van der Waals surface area contributed by atoms with Gasteiger partial charge in [0.15, 0.2) is 5.76 Å². The molecule has 1 amide bonds. The van der Waals surface area contributed by atoms with E-state index in [0.717, 1.165) is 17.8 Å². The van der Waals surface area contributed by atoms with Crippen LogP contribution in [0, 0.1) is 0 Å². The van der Waals surface area contributed by atoms with Crippen LogP contribution in [0.5, 0.6) is 0 Å². The van der Waals surface area contributed by atoms with Crippen LogP contribution in [-0.4, -0.2) is 20.4 Å². The molecule has 0 aliphatic carbocycles. The number of nitrogens with zero attached hydrogens (tertiary/aromatic N) is 3. The van der Waals surface area contributed by atoms with Gasteiger partial charge >= 0.3 is 0 Å². The Morgan fingerprint density at radius 3 is 3.10 bits per heavy atom. The fourth-order valence-corrected chi connectivity index (χ4v) is 2.10. The van der Waals surface area contributed by atoms with E-state index >= 15 is 0 Å². The van der Waals surface area contributed by atoms with Crippen molar-refractivity contribution in [2.75, 3.05) is 0 Å². The third-order valence-electron chi connectivity index (χ3n) is 3.36. The van der Waals surface area contributed by atoms with Crippen molar-refractivity contribution in [1.82, 2.24) is 19.9 Å². The molecular weight excluding hydrogens is 268 g/mol. The molecule has 6 heteroatoms. The highest BCUT2D eigenvalue weighted by Crippen LogP contribution is 2.15. The third-order valence-corrected chi connectivity index (χ3v) is 3.36. The first-order valence-corrected chi connectivity index (χ1v) is 6.86. The van der Waals surface area contributed by atoms with E-state index in [-0.39, 0.29) is 11.9 Å². The van der Waals surface area contributed by atoms with Gasteiger partial charge in [-0.15, -0.1) is 0 Å². The van der Waals surface area contributed by atoms with Crippen molar-refractivity contribution >= 4 is 11.6 Å². The Bertz CT molecular complexity index is 775. The number of imidazole rings is 1. The topological polar surface area (TPSA) is 72.4 Å². The summed E-state index contributed by atoms with van der Waals surface area (Å²) in [7, 11) is 0. The zero-order valence-corrected chi connectivity index (χ0v) is 11.9. The van der Waals surface area contributed by atoms with Gasteiger partial charge in [0.05, 0.1) is 17.3 Å². The van der Waals surface area contributed by atoms with Gasteiger partial charge in [0.2, 0.25) is 0 Å². The minimum Gasteiger partial charge on any atom is -0.359 e. The van der Waals surface area contributed by atoms with Crippen molar-refractivity contribution in [1.29, 1.82) is 0 Å². The van der Waals surface area contributed by atoms with Crippen LogP contribution < -0.4 is 5.32 Å². The van der Waals surface area contributed by atoms with Gasteiger partial charge in [0, 0.05) is 24.7 Å². The number of hydrogen-bond donors (Lipinski definition) is 1. The summed E-state index contributed by atoms with van der Waals surface area (Å²) in [5.74, 6) is 0.497. The lowest BCUT2D eigenvalue weighted by Crippen LogP contribution is -2.26. The van der Waals surface area contributed by atoms with E-state index in [0.29, 0.717) is 11.3 Å². The Labute approximate surface area is 121 Å². The molecule has 0 radical (unpaired) electrons. The van der Waals surface area contributed by atoms with E-state index in [1.54, 1.807) is 24.7 Å². The van der Waals surface area contributed by atoms with Crippen molar-refractivity contribution in [2.45, 2.75) is 26.3 Å². The SMILES string of the molecule is CCc1cc(C(C)NC(=O)c2ccc3nccn3c2)on1. The number of pyridine rings is 1. The average molecular weight is 284 g/mol. The normalized spacial score (nSPS) is 12.5. The first-order chi connectivity index (χ1) is 10.2. The molecule has 6 nitrogen and oxygen atoms in total. The number of aromatic nitrogens is 3. The molecule has 0 aliphatic rings. The van der Waals surface area contributed by atoms with Gasteiger partial charge in [-0.3, -0.25) is 4.79 Å². The average Bonchev–Trinajstić information content (AvgIpc) is 3.15. The molecule has 1 atom stereocenters. The second-order valence-electron chi connectivity index (χ2n) is 4.88. The minimum atomic E-state index is -0.233. The molecule has 1 unspecified atom stereocenters. The highest BCUT2D eigenvalue weighted by molar-refractivity contribution is 5.94. The summed E-state index contributed by atoms with van der Waals surface area (Å²) in [5, 5.41) is 6.83. The number of nitrogens with one attached hydrogen (secondary N) is 1. The molecule has 0 saturated heterocycles. The van der Waals surface area contributed by atoms with E-state index in [1.165, 1.54) is 0 Å². The Kier molecular flexibility index (Phi) is 3.43. The van der Waals surface area contributed by atoms with Gasteiger partial charge in [-0.05, 0) is 25.5 Å². The first-order valence-electron chi connectivity index (χ1n) is 6.86. The van der Waals surface area contributed by atoms with Crippen molar-refractivity contribution in [2.24, 2.45) is 0 Å². The smallest absolute Gasteiger partial charge is 0.253 e. The van der Waals surface area contributed by atoms with Crippen LogP contribution in [0.25, 0.3) is 5.65 Å². The second kappa shape index (κ2) is 5.40. The lowest BCUT2D eigenvalue weighted by Gasteiger charge is -2.10. The molecule has 0 aromatic carbocycles. The molecule has 0 bridgehead atoms. The monoisotopic (exact) mass is 284 g/mol. The van der Waals surface area contributed by atoms with Crippen molar-refractivity contribution in [3.8, 4) is 0 Å². The molecule has 108 valence electrons. The van der Waals surface area contributed by atoms with Gasteiger partial charge < -0.3 is 14.2 Å². The van der Waals surface area contributed by atoms with Crippen LogP contribution in [0.15, 0.2) is 41.3 Å². The van der Waals surface area contributed by atoms with Crippen molar-refractivity contribution in [3.63, 3.8) is 0 Å². The summed E-state index contributed by atoms with van der Waals surface area (Å²) < 4.78 is 7.04. The number of hydrogen-bond acceptors (Lipinski definition) is 4. The summed E-state index contributed by atoms with van der Waals surface area (Å²) >= 11 is 0. The molecule has 3 aromatic heterocycles. The Hall–Kier alpha value is -2.63. The number of carbonyl (C=O) groups is 1. The number of fused-ring (bicyclic) bond motifs is 1. The second-order valence-corrected chi connectivity index (χ2v) is 4.88. The summed E-state index contributed by atoms with van der Waals surface area (Å²) in [6.45, 7) is 3.87. The van der Waals surface area contributed by atoms with E-state index in [2.05, 4.69) is 15.5 Å². The fourth-order valence-electron chi connectivity index (χ4n) is 2.10. The molecule has 0 aliphatic heterocycles. The molecule has 0 spiro atoms. The Balaban J connectivity index is 1.75. The van der Waals surface area contributed by atoms with Crippen LogP contribution in [0.1, 0.15) is 41.7 Å². The fraction of sp³-hybridized carbons (Fsp3) is 0.267. The molecular formula is C15H16N4O2. The summed E-state index contributed by atoms with van der Waals surface area (Å²) in [4.78, 5) is 16.4. The quantitative estimate of drug-likeness (QED) is 0.798. The molecule has 0 saturated carbocycles. The number of carbonyl (C=O) groups excluding carboxylic acids is 1. The Morgan fingerprint density at radius 1 is 1.48 bits per heavy atom. The first kappa shape index (κ1) is 13.4. The largest absolute Gasteiger partial charge is 0.359 e. The summed E-state index contributed by atoms with van der Waals surface area (Å²) in [6, 6.07) is 5.19. The predicted octanol–water partition coefficient (Wildman–Crippen LogP) is 2.38. The number of aryl methyl sites for hydroxylation is 1. The molecule has 3 heterocycles. The van der Waals surface area contributed by atoms with E-state index in [1.807, 2.05) is 30.4 Å². The zero-order valence-electron chi connectivity index (χ0n) is 11.9. The lowest BCUT2D eigenvalue weighted by molar-refractivity contribution is 0.0933. The van der Waals surface area contributed by atoms with Gasteiger partial charge in [0.1, 0.15) is 5.65 Å². The molecule has 3 aromatic rings. The van der Waals surface area contributed by atoms with Crippen molar-refractivity contribution in [3.05, 3.63) is 53.8 Å².